The van der Waals surface area contributed by atoms with Crippen LogP contribution in [0, 0.1) is 19.8 Å². The van der Waals surface area contributed by atoms with Crippen LogP contribution in [0.4, 0.5) is 0 Å². The molecule has 7 heteroatoms. The van der Waals surface area contributed by atoms with E-state index in [0.29, 0.717) is 22.9 Å². The zero-order chi connectivity index (χ0) is 13.4. The van der Waals surface area contributed by atoms with Crippen LogP contribution in [-0.2, 0) is 6.54 Å². The van der Waals surface area contributed by atoms with E-state index in [1.54, 1.807) is 24.7 Å². The van der Waals surface area contributed by atoms with Gasteiger partial charge in [-0.15, -0.1) is 5.10 Å². The smallest absolute Gasteiger partial charge is 0.259 e. The standard InChI is InChI=1S/C12H15N5O2/c1-8-11(9(2)19-14-8)12(18)16-5-10(6-16)7-17-4-3-13-15-17/h3-4,10H,5-7H2,1-2H3. The molecular formula is C12H15N5O2. The van der Waals surface area contributed by atoms with Crippen LogP contribution in [0.5, 0.6) is 0 Å². The SMILES string of the molecule is Cc1noc(C)c1C(=O)N1CC(Cn2ccnn2)C1. The number of carbonyl (C=O) groups excluding carboxylic acids is 1. The number of carbonyl (C=O) groups is 1. The highest BCUT2D eigenvalue weighted by Gasteiger charge is 2.34. The summed E-state index contributed by atoms with van der Waals surface area (Å²) in [5.41, 5.74) is 1.25. The largest absolute Gasteiger partial charge is 0.361 e. The summed E-state index contributed by atoms with van der Waals surface area (Å²) in [7, 11) is 0. The van der Waals surface area contributed by atoms with Gasteiger partial charge < -0.3 is 9.42 Å². The monoisotopic (exact) mass is 261 g/mol. The van der Waals surface area contributed by atoms with Crippen molar-refractivity contribution < 1.29 is 9.32 Å². The second kappa shape index (κ2) is 4.49. The number of aryl methyl sites for hydroxylation is 2. The van der Waals surface area contributed by atoms with E-state index in [1.165, 1.54) is 0 Å². The van der Waals surface area contributed by atoms with Crippen LogP contribution in [0.1, 0.15) is 21.8 Å². The summed E-state index contributed by atoms with van der Waals surface area (Å²) in [6, 6.07) is 0. The van der Waals surface area contributed by atoms with Gasteiger partial charge in [-0.1, -0.05) is 10.4 Å². The third-order valence-corrected chi connectivity index (χ3v) is 3.41. The second-order valence-electron chi connectivity index (χ2n) is 4.90. The minimum absolute atomic E-state index is 0.00564. The predicted molar refractivity (Wildman–Crippen MR) is 65.4 cm³/mol. The van der Waals surface area contributed by atoms with Crippen LogP contribution < -0.4 is 0 Å². The van der Waals surface area contributed by atoms with Gasteiger partial charge in [0.1, 0.15) is 11.3 Å². The van der Waals surface area contributed by atoms with Crippen LogP contribution in [0.15, 0.2) is 16.9 Å². The van der Waals surface area contributed by atoms with Crippen LogP contribution >= 0.6 is 0 Å². The molecule has 1 amide bonds. The molecule has 0 bridgehead atoms. The molecule has 1 fully saturated rings. The van der Waals surface area contributed by atoms with Crippen LogP contribution in [0.3, 0.4) is 0 Å². The summed E-state index contributed by atoms with van der Waals surface area (Å²) in [6.07, 6.45) is 3.49. The van der Waals surface area contributed by atoms with Gasteiger partial charge >= 0.3 is 0 Å². The van der Waals surface area contributed by atoms with Gasteiger partial charge in [-0.3, -0.25) is 9.48 Å². The molecule has 1 aliphatic heterocycles. The van der Waals surface area contributed by atoms with E-state index in [4.69, 9.17) is 4.52 Å². The third kappa shape index (κ3) is 2.11. The number of hydrogen-bond donors (Lipinski definition) is 0. The van der Waals surface area contributed by atoms with Crippen molar-refractivity contribution in [3.63, 3.8) is 0 Å². The van der Waals surface area contributed by atoms with Crippen molar-refractivity contribution in [1.29, 1.82) is 0 Å². The topological polar surface area (TPSA) is 77.0 Å². The summed E-state index contributed by atoms with van der Waals surface area (Å²) >= 11 is 0. The molecule has 0 unspecified atom stereocenters. The quantitative estimate of drug-likeness (QED) is 0.811. The lowest BCUT2D eigenvalue weighted by Crippen LogP contribution is -2.51. The zero-order valence-electron chi connectivity index (χ0n) is 10.9. The molecule has 1 aliphatic rings. The van der Waals surface area contributed by atoms with E-state index in [-0.39, 0.29) is 5.91 Å². The van der Waals surface area contributed by atoms with Gasteiger partial charge in [0.15, 0.2) is 0 Å². The molecule has 0 N–H and O–H groups in total. The Hall–Kier alpha value is -2.18. The Balaban J connectivity index is 1.60. The van der Waals surface area contributed by atoms with Crippen molar-refractivity contribution in [3.05, 3.63) is 29.4 Å². The molecule has 1 saturated heterocycles. The zero-order valence-corrected chi connectivity index (χ0v) is 10.9. The molecule has 0 aliphatic carbocycles. The fourth-order valence-electron chi connectivity index (χ4n) is 2.39. The first-order valence-electron chi connectivity index (χ1n) is 6.21. The van der Waals surface area contributed by atoms with Crippen molar-refractivity contribution in [2.24, 2.45) is 5.92 Å². The summed E-state index contributed by atoms with van der Waals surface area (Å²) in [4.78, 5) is 14.1. The van der Waals surface area contributed by atoms with Gasteiger partial charge in [0, 0.05) is 31.7 Å². The molecule has 0 atom stereocenters. The average molecular weight is 261 g/mol. The maximum absolute atomic E-state index is 12.3. The van der Waals surface area contributed by atoms with Gasteiger partial charge in [0.05, 0.1) is 11.9 Å². The van der Waals surface area contributed by atoms with Gasteiger partial charge in [0.2, 0.25) is 0 Å². The number of hydrogen-bond acceptors (Lipinski definition) is 5. The van der Waals surface area contributed by atoms with E-state index >= 15 is 0 Å². The molecule has 0 radical (unpaired) electrons. The number of amides is 1. The van der Waals surface area contributed by atoms with Crippen molar-refractivity contribution >= 4 is 5.91 Å². The van der Waals surface area contributed by atoms with Crippen LogP contribution in [0.2, 0.25) is 0 Å². The molecule has 7 nitrogen and oxygen atoms in total. The lowest BCUT2D eigenvalue weighted by molar-refractivity contribution is 0.0458. The first-order valence-corrected chi connectivity index (χ1v) is 6.21. The Bertz CT molecular complexity index is 564. The minimum atomic E-state index is 0.00564. The van der Waals surface area contributed by atoms with Crippen molar-refractivity contribution in [2.45, 2.75) is 20.4 Å². The second-order valence-corrected chi connectivity index (χ2v) is 4.90. The van der Waals surface area contributed by atoms with Crippen molar-refractivity contribution in [2.75, 3.05) is 13.1 Å². The number of nitrogens with zero attached hydrogens (tertiary/aromatic N) is 5. The maximum atomic E-state index is 12.3. The summed E-state index contributed by atoms with van der Waals surface area (Å²) in [6.45, 7) is 5.83. The highest BCUT2D eigenvalue weighted by molar-refractivity contribution is 5.96. The Morgan fingerprint density at radius 3 is 2.84 bits per heavy atom. The fraction of sp³-hybridized carbons (Fsp3) is 0.500. The molecule has 2 aromatic rings. The summed E-state index contributed by atoms with van der Waals surface area (Å²) in [5, 5.41) is 11.5. The average Bonchev–Trinajstić information content (AvgIpc) is 2.93. The fourth-order valence-corrected chi connectivity index (χ4v) is 2.39. The van der Waals surface area contributed by atoms with Gasteiger partial charge in [0.25, 0.3) is 5.91 Å². The molecule has 2 aromatic heterocycles. The van der Waals surface area contributed by atoms with Gasteiger partial charge in [-0.2, -0.15) is 0 Å². The number of likely N-dealkylation sites (tertiary alicyclic amines) is 1. The highest BCUT2D eigenvalue weighted by Crippen LogP contribution is 2.23. The lowest BCUT2D eigenvalue weighted by Gasteiger charge is -2.39. The van der Waals surface area contributed by atoms with E-state index in [9.17, 15) is 4.79 Å². The van der Waals surface area contributed by atoms with E-state index < -0.39 is 0 Å². The third-order valence-electron chi connectivity index (χ3n) is 3.41. The van der Waals surface area contributed by atoms with Crippen molar-refractivity contribution in [1.82, 2.24) is 25.1 Å². The highest BCUT2D eigenvalue weighted by atomic mass is 16.5. The molecule has 0 spiro atoms. The Morgan fingerprint density at radius 2 is 2.26 bits per heavy atom. The Morgan fingerprint density at radius 1 is 1.47 bits per heavy atom. The van der Waals surface area contributed by atoms with Crippen LogP contribution in [0.25, 0.3) is 0 Å². The van der Waals surface area contributed by atoms with Crippen molar-refractivity contribution in [3.8, 4) is 0 Å². The van der Waals surface area contributed by atoms with E-state index in [1.807, 2.05) is 11.1 Å². The molecular weight excluding hydrogens is 246 g/mol. The minimum Gasteiger partial charge on any atom is -0.361 e. The molecule has 19 heavy (non-hydrogen) atoms. The molecule has 0 aromatic carbocycles. The molecule has 3 heterocycles. The Kier molecular flexibility index (Phi) is 2.81. The number of rotatable bonds is 3. The maximum Gasteiger partial charge on any atom is 0.259 e. The first kappa shape index (κ1) is 11.9. The Labute approximate surface area is 110 Å². The summed E-state index contributed by atoms with van der Waals surface area (Å²) < 4.78 is 6.82. The lowest BCUT2D eigenvalue weighted by atomic mass is 9.98. The molecule has 100 valence electrons. The first-order chi connectivity index (χ1) is 9.15. The normalized spacial score (nSPS) is 15.6. The van der Waals surface area contributed by atoms with Gasteiger partial charge in [-0.05, 0) is 13.8 Å². The van der Waals surface area contributed by atoms with E-state index in [2.05, 4.69) is 15.5 Å². The molecule has 3 rings (SSSR count). The summed E-state index contributed by atoms with van der Waals surface area (Å²) in [5.74, 6) is 1.03. The molecule has 0 saturated carbocycles. The predicted octanol–water partition coefficient (Wildman–Crippen LogP) is 0.655. The number of aromatic nitrogens is 4. The van der Waals surface area contributed by atoms with E-state index in [0.717, 1.165) is 19.6 Å². The van der Waals surface area contributed by atoms with Gasteiger partial charge in [-0.25, -0.2) is 0 Å². The van der Waals surface area contributed by atoms with Crippen LogP contribution in [-0.4, -0.2) is 44.0 Å².